The molecule has 1 aromatic carbocycles. The molecule has 1 aliphatic rings. The van der Waals surface area contributed by atoms with Crippen LogP contribution < -0.4 is 10.6 Å². The van der Waals surface area contributed by atoms with Crippen LogP contribution in [0, 0.1) is 12.3 Å². The molecule has 1 aliphatic carbocycles. The Morgan fingerprint density at radius 1 is 1.37 bits per heavy atom. The lowest BCUT2D eigenvalue weighted by molar-refractivity contribution is 0.0944. The minimum atomic E-state index is 0.0374. The zero-order chi connectivity index (χ0) is 13.9. The molecule has 1 saturated carbocycles. The van der Waals surface area contributed by atoms with Crippen LogP contribution in [0.15, 0.2) is 18.2 Å². The number of rotatable bonds is 6. The van der Waals surface area contributed by atoms with Gasteiger partial charge in [-0.3, -0.25) is 4.79 Å². The number of hydrogen-bond acceptors (Lipinski definition) is 2. The molecule has 0 atom stereocenters. The highest BCUT2D eigenvalue weighted by Crippen LogP contribution is 2.48. The first-order valence-electron chi connectivity index (χ1n) is 7.17. The second-order valence-corrected chi connectivity index (χ2v) is 5.73. The first-order chi connectivity index (χ1) is 9.10. The van der Waals surface area contributed by atoms with Gasteiger partial charge in [0, 0.05) is 19.3 Å². The molecule has 0 aliphatic heterocycles. The second-order valence-electron chi connectivity index (χ2n) is 5.73. The number of amides is 1. The number of anilines is 1. The van der Waals surface area contributed by atoms with Gasteiger partial charge in [0.25, 0.3) is 5.91 Å². The van der Waals surface area contributed by atoms with E-state index in [2.05, 4.69) is 17.6 Å². The number of aryl methyl sites for hydroxylation is 1. The summed E-state index contributed by atoms with van der Waals surface area (Å²) in [4.78, 5) is 12.3. The Balaban J connectivity index is 2.02. The fourth-order valence-corrected chi connectivity index (χ4v) is 2.65. The minimum absolute atomic E-state index is 0.0374. The Bertz CT molecular complexity index is 464. The van der Waals surface area contributed by atoms with Crippen LogP contribution in [0.1, 0.15) is 48.5 Å². The van der Waals surface area contributed by atoms with Gasteiger partial charge in [0.05, 0.1) is 5.56 Å². The van der Waals surface area contributed by atoms with E-state index in [9.17, 15) is 4.79 Å². The highest BCUT2D eigenvalue weighted by atomic mass is 16.1. The molecular formula is C16H24N2O. The first kappa shape index (κ1) is 13.9. The molecule has 0 saturated heterocycles. The third-order valence-electron chi connectivity index (χ3n) is 4.05. The molecule has 1 fully saturated rings. The molecule has 2 N–H and O–H groups in total. The Morgan fingerprint density at radius 2 is 2.11 bits per heavy atom. The molecule has 1 aromatic rings. The van der Waals surface area contributed by atoms with Gasteiger partial charge in [-0.25, -0.2) is 0 Å². The summed E-state index contributed by atoms with van der Waals surface area (Å²) in [6, 6.07) is 5.92. The molecule has 2 rings (SSSR count). The highest BCUT2D eigenvalue weighted by molar-refractivity contribution is 5.99. The zero-order valence-electron chi connectivity index (χ0n) is 12.2. The predicted molar refractivity (Wildman–Crippen MR) is 79.6 cm³/mol. The molecule has 0 heterocycles. The van der Waals surface area contributed by atoms with Crippen LogP contribution in [0.2, 0.25) is 0 Å². The van der Waals surface area contributed by atoms with Crippen LogP contribution in [-0.4, -0.2) is 19.5 Å². The summed E-state index contributed by atoms with van der Waals surface area (Å²) >= 11 is 0. The maximum atomic E-state index is 12.3. The smallest absolute Gasteiger partial charge is 0.253 e. The fourth-order valence-electron chi connectivity index (χ4n) is 2.65. The largest absolute Gasteiger partial charge is 0.387 e. The van der Waals surface area contributed by atoms with E-state index in [1.54, 1.807) is 0 Å². The molecule has 0 unspecified atom stereocenters. The van der Waals surface area contributed by atoms with Crippen molar-refractivity contribution >= 4 is 11.6 Å². The minimum Gasteiger partial charge on any atom is -0.387 e. The summed E-state index contributed by atoms with van der Waals surface area (Å²) in [5.74, 6) is 0.0374. The quantitative estimate of drug-likeness (QED) is 0.823. The van der Waals surface area contributed by atoms with Gasteiger partial charge in [0.1, 0.15) is 0 Å². The Hall–Kier alpha value is -1.51. The van der Waals surface area contributed by atoms with E-state index in [1.807, 2.05) is 32.2 Å². The number of carbonyl (C=O) groups excluding carboxylic acids is 1. The van der Waals surface area contributed by atoms with Gasteiger partial charge in [-0.1, -0.05) is 25.0 Å². The molecule has 104 valence electrons. The third-order valence-corrected chi connectivity index (χ3v) is 4.05. The van der Waals surface area contributed by atoms with Gasteiger partial charge in [0.15, 0.2) is 0 Å². The first-order valence-corrected chi connectivity index (χ1v) is 7.17. The number of benzene rings is 1. The number of carbonyl (C=O) groups is 1. The van der Waals surface area contributed by atoms with Crippen molar-refractivity contribution in [3.63, 3.8) is 0 Å². The van der Waals surface area contributed by atoms with Gasteiger partial charge in [-0.2, -0.15) is 0 Å². The van der Waals surface area contributed by atoms with Crippen molar-refractivity contribution in [1.29, 1.82) is 0 Å². The molecule has 19 heavy (non-hydrogen) atoms. The van der Waals surface area contributed by atoms with E-state index in [4.69, 9.17) is 0 Å². The topological polar surface area (TPSA) is 41.1 Å². The fraction of sp³-hybridized carbons (Fsp3) is 0.562. The van der Waals surface area contributed by atoms with E-state index in [1.165, 1.54) is 25.7 Å². The van der Waals surface area contributed by atoms with Crippen molar-refractivity contribution in [2.75, 3.05) is 18.9 Å². The SMILES string of the molecule is CCCC1(CNC(=O)c2cc(C)ccc2NC)CC1. The van der Waals surface area contributed by atoms with E-state index >= 15 is 0 Å². The normalized spacial score (nSPS) is 15.9. The van der Waals surface area contributed by atoms with Crippen LogP contribution in [-0.2, 0) is 0 Å². The predicted octanol–water partition coefficient (Wildman–Crippen LogP) is 3.35. The lowest BCUT2D eigenvalue weighted by atomic mass is 10.0. The number of nitrogens with one attached hydrogen (secondary N) is 2. The van der Waals surface area contributed by atoms with Crippen LogP contribution >= 0.6 is 0 Å². The van der Waals surface area contributed by atoms with Crippen molar-refractivity contribution in [3.8, 4) is 0 Å². The Labute approximate surface area is 115 Å². The number of hydrogen-bond donors (Lipinski definition) is 2. The molecule has 1 amide bonds. The maximum absolute atomic E-state index is 12.3. The summed E-state index contributed by atoms with van der Waals surface area (Å²) in [5, 5.41) is 6.19. The second kappa shape index (κ2) is 5.64. The van der Waals surface area contributed by atoms with E-state index in [-0.39, 0.29) is 5.91 Å². The summed E-state index contributed by atoms with van der Waals surface area (Å²) in [7, 11) is 1.85. The standard InChI is InChI=1S/C16H24N2O/c1-4-7-16(8-9-16)11-18-15(19)13-10-12(2)5-6-14(13)17-3/h5-6,10,17H,4,7-9,11H2,1-3H3,(H,18,19). The third kappa shape index (κ3) is 3.28. The zero-order valence-corrected chi connectivity index (χ0v) is 12.2. The molecule has 0 bridgehead atoms. The van der Waals surface area contributed by atoms with Crippen LogP contribution in [0.5, 0.6) is 0 Å². The van der Waals surface area contributed by atoms with Crippen molar-refractivity contribution in [2.24, 2.45) is 5.41 Å². The molecule has 3 heteroatoms. The van der Waals surface area contributed by atoms with Crippen LogP contribution in [0.4, 0.5) is 5.69 Å². The Morgan fingerprint density at radius 3 is 2.68 bits per heavy atom. The van der Waals surface area contributed by atoms with Crippen LogP contribution in [0.3, 0.4) is 0 Å². The lowest BCUT2D eigenvalue weighted by Crippen LogP contribution is -2.30. The lowest BCUT2D eigenvalue weighted by Gasteiger charge is -2.16. The van der Waals surface area contributed by atoms with Gasteiger partial charge in [-0.15, -0.1) is 0 Å². The summed E-state index contributed by atoms with van der Waals surface area (Å²) in [6.45, 7) is 5.04. The van der Waals surface area contributed by atoms with Gasteiger partial charge in [0.2, 0.25) is 0 Å². The van der Waals surface area contributed by atoms with Gasteiger partial charge < -0.3 is 10.6 Å². The maximum Gasteiger partial charge on any atom is 0.253 e. The van der Waals surface area contributed by atoms with Crippen LogP contribution in [0.25, 0.3) is 0 Å². The van der Waals surface area contributed by atoms with E-state index < -0.39 is 0 Å². The highest BCUT2D eigenvalue weighted by Gasteiger charge is 2.41. The average molecular weight is 260 g/mol. The van der Waals surface area contributed by atoms with Crippen molar-refractivity contribution < 1.29 is 4.79 Å². The molecule has 0 aromatic heterocycles. The Kier molecular flexibility index (Phi) is 4.13. The summed E-state index contributed by atoms with van der Waals surface area (Å²) in [5.41, 5.74) is 3.14. The summed E-state index contributed by atoms with van der Waals surface area (Å²) < 4.78 is 0. The van der Waals surface area contributed by atoms with Crippen molar-refractivity contribution in [1.82, 2.24) is 5.32 Å². The summed E-state index contributed by atoms with van der Waals surface area (Å²) in [6.07, 6.45) is 4.93. The molecule has 0 spiro atoms. The van der Waals surface area contributed by atoms with Gasteiger partial charge in [-0.05, 0) is 43.7 Å². The van der Waals surface area contributed by atoms with Crippen molar-refractivity contribution in [2.45, 2.75) is 39.5 Å². The van der Waals surface area contributed by atoms with Gasteiger partial charge >= 0.3 is 0 Å². The van der Waals surface area contributed by atoms with E-state index in [0.29, 0.717) is 5.41 Å². The van der Waals surface area contributed by atoms with E-state index in [0.717, 1.165) is 23.4 Å². The molecule has 3 nitrogen and oxygen atoms in total. The van der Waals surface area contributed by atoms with Crippen molar-refractivity contribution in [3.05, 3.63) is 29.3 Å². The molecule has 0 radical (unpaired) electrons. The monoisotopic (exact) mass is 260 g/mol. The molecular weight excluding hydrogens is 236 g/mol. The average Bonchev–Trinajstić information content (AvgIpc) is 3.17.